The lowest BCUT2D eigenvalue weighted by molar-refractivity contribution is -0.165. The van der Waals surface area contributed by atoms with Gasteiger partial charge in [-0.15, -0.1) is 0 Å². The maximum atomic E-state index is 13.1. The third kappa shape index (κ3) is 2.13. The summed E-state index contributed by atoms with van der Waals surface area (Å²) in [5, 5.41) is 3.13. The van der Waals surface area contributed by atoms with Crippen LogP contribution in [0.25, 0.3) is 0 Å². The fraction of sp³-hybridized carbons (Fsp3) is 0.875. The highest BCUT2D eigenvalue weighted by atomic mass is 16.2. The van der Waals surface area contributed by atoms with E-state index in [4.69, 9.17) is 0 Å². The summed E-state index contributed by atoms with van der Waals surface area (Å²) in [7, 11) is 0. The van der Waals surface area contributed by atoms with E-state index in [0.29, 0.717) is 19.4 Å². The summed E-state index contributed by atoms with van der Waals surface area (Å²) in [6.45, 7) is 6.79. The summed E-state index contributed by atoms with van der Waals surface area (Å²) in [4.78, 5) is 27.8. The molecule has 2 rings (SSSR count). The summed E-state index contributed by atoms with van der Waals surface area (Å²) < 4.78 is 0. The molecule has 1 saturated heterocycles. The van der Waals surface area contributed by atoms with E-state index in [1.165, 1.54) is 6.42 Å². The van der Waals surface area contributed by atoms with Gasteiger partial charge in [0, 0.05) is 6.54 Å². The first-order valence-electron chi connectivity index (χ1n) is 8.21. The van der Waals surface area contributed by atoms with Crippen LogP contribution in [0, 0.1) is 0 Å². The van der Waals surface area contributed by atoms with Gasteiger partial charge in [-0.2, -0.15) is 0 Å². The van der Waals surface area contributed by atoms with Crippen LogP contribution >= 0.6 is 0 Å². The van der Waals surface area contributed by atoms with Gasteiger partial charge in [-0.1, -0.05) is 40.0 Å². The second-order valence-corrected chi connectivity index (χ2v) is 6.29. The zero-order valence-corrected chi connectivity index (χ0v) is 13.1. The molecule has 114 valence electrons. The van der Waals surface area contributed by atoms with Crippen molar-refractivity contribution in [2.24, 2.45) is 0 Å². The van der Waals surface area contributed by atoms with Crippen LogP contribution in [0.2, 0.25) is 0 Å². The Morgan fingerprint density at radius 2 is 1.65 bits per heavy atom. The molecule has 1 N–H and O–H groups in total. The molecule has 20 heavy (non-hydrogen) atoms. The summed E-state index contributed by atoms with van der Waals surface area (Å²) in [6, 6.07) is 0. The molecule has 1 aliphatic heterocycles. The zero-order valence-electron chi connectivity index (χ0n) is 13.1. The number of hydrogen-bond donors (Lipinski definition) is 1. The molecule has 1 spiro atoms. The van der Waals surface area contributed by atoms with E-state index >= 15 is 0 Å². The molecule has 2 amide bonds. The molecule has 1 heterocycles. The third-order valence-corrected chi connectivity index (χ3v) is 5.27. The lowest BCUT2D eigenvalue weighted by atomic mass is 9.74. The second-order valence-electron chi connectivity index (χ2n) is 6.29. The summed E-state index contributed by atoms with van der Waals surface area (Å²) in [5.41, 5.74) is -1.23. The summed E-state index contributed by atoms with van der Waals surface area (Å²) >= 11 is 0. The highest BCUT2D eigenvalue weighted by Crippen LogP contribution is 2.38. The number of carbonyl (C=O) groups excluding carboxylic acids is 2. The van der Waals surface area contributed by atoms with Gasteiger partial charge >= 0.3 is 0 Å². The van der Waals surface area contributed by atoms with Crippen LogP contribution in [0.15, 0.2) is 0 Å². The fourth-order valence-electron chi connectivity index (χ4n) is 3.95. The minimum Gasteiger partial charge on any atom is -0.340 e. The number of nitrogens with zero attached hydrogens (tertiary/aromatic N) is 1. The Kier molecular flexibility index (Phi) is 4.40. The summed E-state index contributed by atoms with van der Waals surface area (Å²) in [5.74, 6) is 0.236. The van der Waals surface area contributed by atoms with Gasteiger partial charge in [0.05, 0.1) is 0 Å². The number of rotatable bonds is 4. The molecule has 4 heteroatoms. The van der Waals surface area contributed by atoms with Crippen molar-refractivity contribution in [2.75, 3.05) is 6.54 Å². The predicted octanol–water partition coefficient (Wildman–Crippen LogP) is 2.62. The van der Waals surface area contributed by atoms with Gasteiger partial charge < -0.3 is 10.2 Å². The number of piperazine rings is 1. The van der Waals surface area contributed by atoms with Gasteiger partial charge in [0.15, 0.2) is 0 Å². The van der Waals surface area contributed by atoms with Gasteiger partial charge in [-0.3, -0.25) is 9.59 Å². The van der Waals surface area contributed by atoms with Crippen molar-refractivity contribution in [3.8, 4) is 0 Å². The van der Waals surface area contributed by atoms with Gasteiger partial charge in [0.25, 0.3) is 0 Å². The third-order valence-electron chi connectivity index (χ3n) is 5.27. The van der Waals surface area contributed by atoms with Crippen LogP contribution in [0.4, 0.5) is 0 Å². The Labute approximate surface area is 122 Å². The van der Waals surface area contributed by atoms with Crippen molar-refractivity contribution in [1.29, 1.82) is 0 Å². The normalized spacial score (nSPS) is 24.9. The summed E-state index contributed by atoms with van der Waals surface area (Å²) in [6.07, 6.45) is 7.15. The van der Waals surface area contributed by atoms with Crippen molar-refractivity contribution < 1.29 is 9.59 Å². The number of carbonyl (C=O) groups is 2. The van der Waals surface area contributed by atoms with Crippen molar-refractivity contribution in [3.63, 3.8) is 0 Å². The van der Waals surface area contributed by atoms with Crippen LogP contribution in [0.5, 0.6) is 0 Å². The van der Waals surface area contributed by atoms with Crippen molar-refractivity contribution in [3.05, 3.63) is 0 Å². The number of amides is 2. The van der Waals surface area contributed by atoms with Gasteiger partial charge in [0.2, 0.25) is 11.8 Å². The van der Waals surface area contributed by atoms with Crippen LogP contribution in [-0.4, -0.2) is 34.3 Å². The topological polar surface area (TPSA) is 49.4 Å². The molecule has 0 radical (unpaired) electrons. The second kappa shape index (κ2) is 5.74. The van der Waals surface area contributed by atoms with E-state index in [9.17, 15) is 9.59 Å². The average molecular weight is 280 g/mol. The maximum absolute atomic E-state index is 13.1. The largest absolute Gasteiger partial charge is 0.340 e. The molecule has 4 nitrogen and oxygen atoms in total. The molecule has 0 aromatic rings. The van der Waals surface area contributed by atoms with Gasteiger partial charge in [0.1, 0.15) is 11.1 Å². The Morgan fingerprint density at radius 3 is 2.15 bits per heavy atom. The van der Waals surface area contributed by atoms with E-state index in [2.05, 4.69) is 12.2 Å². The van der Waals surface area contributed by atoms with Crippen LogP contribution in [0.1, 0.15) is 72.1 Å². The molecule has 0 bridgehead atoms. The molecular formula is C16H28N2O2. The van der Waals surface area contributed by atoms with Crippen LogP contribution in [-0.2, 0) is 9.59 Å². The van der Waals surface area contributed by atoms with E-state index in [-0.39, 0.29) is 11.8 Å². The Bertz CT molecular complexity index is 382. The number of nitrogens with one attached hydrogen (secondary N) is 1. The maximum Gasteiger partial charge on any atom is 0.249 e. The minimum atomic E-state index is -0.629. The zero-order chi connectivity index (χ0) is 14.8. The predicted molar refractivity (Wildman–Crippen MR) is 79.3 cm³/mol. The molecule has 0 atom stereocenters. The average Bonchev–Trinajstić information content (AvgIpc) is 2.47. The highest BCUT2D eigenvalue weighted by molar-refractivity contribution is 6.02. The van der Waals surface area contributed by atoms with Crippen LogP contribution in [0.3, 0.4) is 0 Å². The lowest BCUT2D eigenvalue weighted by Crippen LogP contribution is -2.75. The molecule has 0 aromatic carbocycles. The lowest BCUT2D eigenvalue weighted by Gasteiger charge is -2.53. The van der Waals surface area contributed by atoms with E-state index < -0.39 is 11.1 Å². The van der Waals surface area contributed by atoms with Crippen LogP contribution < -0.4 is 5.32 Å². The Balaban J connectivity index is 2.38. The Morgan fingerprint density at radius 1 is 1.05 bits per heavy atom. The fourth-order valence-corrected chi connectivity index (χ4v) is 3.95. The van der Waals surface area contributed by atoms with Gasteiger partial charge in [-0.25, -0.2) is 0 Å². The van der Waals surface area contributed by atoms with Crippen molar-refractivity contribution in [1.82, 2.24) is 10.2 Å². The highest BCUT2D eigenvalue weighted by Gasteiger charge is 2.56. The Hall–Kier alpha value is -1.06. The molecular weight excluding hydrogens is 252 g/mol. The standard InChI is InChI=1S/C16H28N2O2/c1-4-12-18-14(20)15(10-8-7-9-11-15)17-13(19)16(18,5-2)6-3/h4-12H2,1-3H3,(H,17,19). The van der Waals surface area contributed by atoms with Crippen molar-refractivity contribution >= 4 is 11.8 Å². The quantitative estimate of drug-likeness (QED) is 0.860. The molecule has 1 aliphatic carbocycles. The van der Waals surface area contributed by atoms with Crippen molar-refractivity contribution in [2.45, 2.75) is 83.2 Å². The monoisotopic (exact) mass is 280 g/mol. The number of hydrogen-bond acceptors (Lipinski definition) is 2. The first kappa shape index (κ1) is 15.3. The first-order chi connectivity index (χ1) is 9.56. The molecule has 0 unspecified atom stereocenters. The minimum absolute atomic E-state index is 0.0671. The molecule has 2 fully saturated rings. The molecule has 0 aromatic heterocycles. The first-order valence-corrected chi connectivity index (χ1v) is 8.21. The van der Waals surface area contributed by atoms with E-state index in [1.807, 2.05) is 18.7 Å². The smallest absolute Gasteiger partial charge is 0.249 e. The van der Waals surface area contributed by atoms with E-state index in [1.54, 1.807) is 0 Å². The van der Waals surface area contributed by atoms with Gasteiger partial charge in [-0.05, 0) is 32.1 Å². The van der Waals surface area contributed by atoms with E-state index in [0.717, 1.165) is 32.1 Å². The molecule has 1 saturated carbocycles. The SMILES string of the molecule is CCCN1C(=O)C2(CCCCC2)NC(=O)C1(CC)CC. The molecule has 2 aliphatic rings.